The molecule has 2 heterocycles. The van der Waals surface area contributed by atoms with Crippen LogP contribution >= 0.6 is 24.0 Å². The maximum absolute atomic E-state index is 5.42. The molecule has 0 aliphatic carbocycles. The number of benzene rings is 1. The smallest absolute Gasteiger partial charge is 0.231 e. The molecule has 0 saturated carbocycles. The van der Waals surface area contributed by atoms with Crippen LogP contribution in [0.5, 0.6) is 11.5 Å². The van der Waals surface area contributed by atoms with E-state index in [4.69, 9.17) is 9.47 Å². The maximum atomic E-state index is 5.42. The Balaban J connectivity index is 0.00000261. The number of halogens is 1. The minimum atomic E-state index is 0. The van der Waals surface area contributed by atoms with Crippen molar-refractivity contribution in [3.05, 3.63) is 23.8 Å². The fourth-order valence-corrected chi connectivity index (χ4v) is 3.94. The van der Waals surface area contributed by atoms with Gasteiger partial charge >= 0.3 is 0 Å². The molecule has 0 radical (unpaired) electrons. The molecule has 27 heavy (non-hydrogen) atoms. The number of rotatable bonds is 6. The average molecular weight is 488 g/mol. The first-order valence-corrected chi connectivity index (χ1v) is 9.69. The summed E-state index contributed by atoms with van der Waals surface area (Å²) in [5.74, 6) is 4.11. The molecule has 1 aromatic rings. The molecule has 3 rings (SSSR count). The molecule has 7 heteroatoms. The van der Waals surface area contributed by atoms with E-state index >= 15 is 0 Å². The Labute approximate surface area is 180 Å². The standard InChI is InChI=1S/C20H32N4O2.HI/c1-15-9-16(2)13-24(12-15)8-4-7-22-20(21-3)23-11-17-5-6-18-19(10-17)26-14-25-18;/h5-6,10,15-16H,4,7-9,11-14H2,1-3H3,(H2,21,22,23);1H. The highest BCUT2D eigenvalue weighted by molar-refractivity contribution is 14.0. The van der Waals surface area contributed by atoms with Crippen LogP contribution in [0, 0.1) is 11.8 Å². The Bertz CT molecular complexity index is 616. The first kappa shape index (κ1) is 22.1. The molecular weight excluding hydrogens is 455 g/mol. The molecule has 2 aliphatic heterocycles. The number of hydrogen-bond acceptors (Lipinski definition) is 4. The minimum absolute atomic E-state index is 0. The van der Waals surface area contributed by atoms with E-state index in [1.165, 1.54) is 19.5 Å². The van der Waals surface area contributed by atoms with Crippen LogP contribution in [0.2, 0.25) is 0 Å². The summed E-state index contributed by atoms with van der Waals surface area (Å²) in [5, 5.41) is 6.77. The van der Waals surface area contributed by atoms with Crippen molar-refractivity contribution in [3.8, 4) is 11.5 Å². The molecule has 0 aromatic heterocycles. The Morgan fingerprint density at radius 2 is 1.89 bits per heavy atom. The third kappa shape index (κ3) is 6.71. The normalized spacial score (nSPS) is 22.3. The lowest BCUT2D eigenvalue weighted by Crippen LogP contribution is -2.41. The van der Waals surface area contributed by atoms with Gasteiger partial charge in [0.25, 0.3) is 0 Å². The van der Waals surface area contributed by atoms with Crippen LogP contribution in [-0.2, 0) is 6.54 Å². The van der Waals surface area contributed by atoms with Gasteiger partial charge < -0.3 is 25.0 Å². The minimum Gasteiger partial charge on any atom is -0.454 e. The highest BCUT2D eigenvalue weighted by Gasteiger charge is 2.21. The zero-order chi connectivity index (χ0) is 18.4. The monoisotopic (exact) mass is 488 g/mol. The number of piperidine rings is 1. The van der Waals surface area contributed by atoms with E-state index < -0.39 is 0 Å². The number of likely N-dealkylation sites (tertiary alicyclic amines) is 1. The lowest BCUT2D eigenvalue weighted by atomic mass is 9.92. The number of fused-ring (bicyclic) bond motifs is 1. The molecule has 2 aliphatic rings. The lowest BCUT2D eigenvalue weighted by Gasteiger charge is -2.35. The number of hydrogen-bond donors (Lipinski definition) is 2. The molecule has 2 N–H and O–H groups in total. The predicted molar refractivity (Wildman–Crippen MR) is 120 cm³/mol. The van der Waals surface area contributed by atoms with Gasteiger partial charge in [-0.1, -0.05) is 19.9 Å². The second kappa shape index (κ2) is 10.9. The third-order valence-electron chi connectivity index (χ3n) is 5.01. The summed E-state index contributed by atoms with van der Waals surface area (Å²) >= 11 is 0. The zero-order valence-corrected chi connectivity index (χ0v) is 19.0. The maximum Gasteiger partial charge on any atom is 0.231 e. The summed E-state index contributed by atoms with van der Waals surface area (Å²) in [6, 6.07) is 6.02. The summed E-state index contributed by atoms with van der Waals surface area (Å²) in [6.45, 7) is 10.3. The van der Waals surface area contributed by atoms with Gasteiger partial charge in [-0.05, 0) is 48.9 Å². The molecule has 152 valence electrons. The van der Waals surface area contributed by atoms with E-state index in [2.05, 4.69) is 34.4 Å². The van der Waals surface area contributed by atoms with Crippen LogP contribution in [0.15, 0.2) is 23.2 Å². The molecule has 6 nitrogen and oxygen atoms in total. The van der Waals surface area contributed by atoms with Crippen LogP contribution in [-0.4, -0.2) is 50.9 Å². The molecule has 1 fully saturated rings. The quantitative estimate of drug-likeness (QED) is 0.279. The number of aliphatic imine (C=N–C) groups is 1. The van der Waals surface area contributed by atoms with Crippen molar-refractivity contribution >= 4 is 29.9 Å². The second-order valence-corrected chi connectivity index (χ2v) is 7.60. The summed E-state index contributed by atoms with van der Waals surface area (Å²) in [7, 11) is 1.81. The van der Waals surface area contributed by atoms with Crippen LogP contribution in [0.3, 0.4) is 0 Å². The highest BCUT2D eigenvalue weighted by atomic mass is 127. The van der Waals surface area contributed by atoms with Crippen molar-refractivity contribution < 1.29 is 9.47 Å². The molecule has 0 spiro atoms. The Kier molecular flexibility index (Phi) is 8.95. The SMILES string of the molecule is CN=C(NCCCN1CC(C)CC(C)C1)NCc1ccc2c(c1)OCO2.I. The lowest BCUT2D eigenvalue weighted by molar-refractivity contribution is 0.140. The van der Waals surface area contributed by atoms with E-state index in [0.717, 1.165) is 54.4 Å². The first-order chi connectivity index (χ1) is 12.6. The summed E-state index contributed by atoms with van der Waals surface area (Å²) in [4.78, 5) is 6.91. The fraction of sp³-hybridized carbons (Fsp3) is 0.650. The van der Waals surface area contributed by atoms with Gasteiger partial charge in [0.2, 0.25) is 6.79 Å². The summed E-state index contributed by atoms with van der Waals surface area (Å²) in [6.07, 6.45) is 2.50. The van der Waals surface area contributed by atoms with Crippen molar-refractivity contribution in [1.82, 2.24) is 15.5 Å². The van der Waals surface area contributed by atoms with Crippen LogP contribution in [0.25, 0.3) is 0 Å². The molecular formula is C20H33IN4O2. The molecule has 1 saturated heterocycles. The summed E-state index contributed by atoms with van der Waals surface area (Å²) in [5.41, 5.74) is 1.15. The number of nitrogens with zero attached hydrogens (tertiary/aromatic N) is 2. The highest BCUT2D eigenvalue weighted by Crippen LogP contribution is 2.32. The van der Waals surface area contributed by atoms with Crippen molar-refractivity contribution in [3.63, 3.8) is 0 Å². The number of guanidine groups is 1. The van der Waals surface area contributed by atoms with Gasteiger partial charge in [0.1, 0.15) is 0 Å². The molecule has 2 unspecified atom stereocenters. The van der Waals surface area contributed by atoms with E-state index in [0.29, 0.717) is 13.3 Å². The molecule has 2 atom stereocenters. The van der Waals surface area contributed by atoms with Gasteiger partial charge in [-0.3, -0.25) is 4.99 Å². The average Bonchev–Trinajstić information content (AvgIpc) is 3.08. The first-order valence-electron chi connectivity index (χ1n) is 9.69. The van der Waals surface area contributed by atoms with E-state index in [9.17, 15) is 0 Å². The predicted octanol–water partition coefficient (Wildman–Crippen LogP) is 3.07. The van der Waals surface area contributed by atoms with E-state index in [1.54, 1.807) is 0 Å². The Hall–Kier alpha value is -1.22. The van der Waals surface area contributed by atoms with Crippen molar-refractivity contribution in [2.75, 3.05) is 40.0 Å². The van der Waals surface area contributed by atoms with Crippen molar-refractivity contribution in [2.45, 2.75) is 33.2 Å². The van der Waals surface area contributed by atoms with Crippen LogP contribution < -0.4 is 20.1 Å². The third-order valence-corrected chi connectivity index (χ3v) is 5.01. The van der Waals surface area contributed by atoms with Crippen LogP contribution in [0.1, 0.15) is 32.3 Å². The Morgan fingerprint density at radius 3 is 2.63 bits per heavy atom. The van der Waals surface area contributed by atoms with Crippen LogP contribution in [0.4, 0.5) is 0 Å². The zero-order valence-electron chi connectivity index (χ0n) is 16.7. The topological polar surface area (TPSA) is 58.1 Å². The van der Waals surface area contributed by atoms with E-state index in [-0.39, 0.29) is 24.0 Å². The van der Waals surface area contributed by atoms with E-state index in [1.807, 2.05) is 25.2 Å². The molecule has 0 bridgehead atoms. The summed E-state index contributed by atoms with van der Waals surface area (Å²) < 4.78 is 10.8. The number of nitrogens with one attached hydrogen (secondary N) is 2. The van der Waals surface area contributed by atoms with Gasteiger partial charge in [0, 0.05) is 33.2 Å². The van der Waals surface area contributed by atoms with Gasteiger partial charge in [-0.25, -0.2) is 0 Å². The van der Waals surface area contributed by atoms with Gasteiger partial charge in [-0.15, -0.1) is 24.0 Å². The fourth-order valence-electron chi connectivity index (χ4n) is 3.94. The second-order valence-electron chi connectivity index (χ2n) is 7.60. The van der Waals surface area contributed by atoms with Crippen molar-refractivity contribution in [1.29, 1.82) is 0 Å². The largest absolute Gasteiger partial charge is 0.454 e. The van der Waals surface area contributed by atoms with Gasteiger partial charge in [0.15, 0.2) is 17.5 Å². The number of ether oxygens (including phenoxy) is 2. The molecule has 1 aromatic carbocycles. The van der Waals surface area contributed by atoms with Gasteiger partial charge in [-0.2, -0.15) is 0 Å². The Morgan fingerprint density at radius 1 is 1.15 bits per heavy atom. The molecule has 0 amide bonds. The van der Waals surface area contributed by atoms with Gasteiger partial charge in [0.05, 0.1) is 0 Å². The van der Waals surface area contributed by atoms with Crippen molar-refractivity contribution in [2.24, 2.45) is 16.8 Å².